The molecule has 23 heavy (non-hydrogen) atoms. The van der Waals surface area contributed by atoms with Crippen molar-refractivity contribution in [3.8, 4) is 0 Å². The van der Waals surface area contributed by atoms with Gasteiger partial charge < -0.3 is 15.0 Å². The smallest absolute Gasteiger partial charge is 0.320 e. The van der Waals surface area contributed by atoms with Gasteiger partial charge in [-0.3, -0.25) is 9.69 Å². The van der Waals surface area contributed by atoms with Gasteiger partial charge in [-0.2, -0.15) is 0 Å². The molecule has 1 spiro atoms. The van der Waals surface area contributed by atoms with Gasteiger partial charge in [0.05, 0.1) is 12.0 Å². The third-order valence-corrected chi connectivity index (χ3v) is 5.28. The topological polar surface area (TPSA) is 70.4 Å². The first kappa shape index (κ1) is 16.5. The van der Waals surface area contributed by atoms with Gasteiger partial charge in [0.25, 0.3) is 0 Å². The van der Waals surface area contributed by atoms with Crippen LogP contribution in [0.5, 0.6) is 0 Å². The highest BCUT2D eigenvalue weighted by Gasteiger charge is 2.47. The van der Waals surface area contributed by atoms with E-state index in [1.807, 2.05) is 12.5 Å². The monoisotopic (exact) mass is 320 g/mol. The number of carboxylic acid groups (broad SMARTS) is 1. The van der Waals surface area contributed by atoms with E-state index in [0.29, 0.717) is 12.5 Å². The molecule has 1 aromatic rings. The number of hydrogen-bond donors (Lipinski definition) is 2. The van der Waals surface area contributed by atoms with Gasteiger partial charge in [0.1, 0.15) is 6.04 Å². The lowest BCUT2D eigenvalue weighted by atomic mass is 9.77. The molecule has 0 saturated carbocycles. The van der Waals surface area contributed by atoms with Gasteiger partial charge in [-0.1, -0.05) is 13.8 Å². The number of aliphatic carboxylic acids is 1. The van der Waals surface area contributed by atoms with Gasteiger partial charge in [0.2, 0.25) is 0 Å². The molecule has 0 aromatic carbocycles. The van der Waals surface area contributed by atoms with Crippen LogP contribution < -0.4 is 5.32 Å². The number of piperidine rings is 1. The minimum Gasteiger partial charge on any atom is -0.480 e. The van der Waals surface area contributed by atoms with Crippen LogP contribution in [0.3, 0.4) is 0 Å². The number of likely N-dealkylation sites (tertiary alicyclic amines) is 1. The average molecular weight is 320 g/mol. The number of carboxylic acids is 1. The summed E-state index contributed by atoms with van der Waals surface area (Å²) in [5, 5.41) is 13.1. The SMILES string of the molecule is CC(C)Cn1cncc1CN1CC2(CCNCC2)C[C@H]1C(=O)O. The number of nitrogens with one attached hydrogen (secondary N) is 1. The minimum atomic E-state index is -0.685. The summed E-state index contributed by atoms with van der Waals surface area (Å²) in [6.07, 6.45) is 6.69. The lowest BCUT2D eigenvalue weighted by Gasteiger charge is -2.33. The van der Waals surface area contributed by atoms with Crippen molar-refractivity contribution in [1.29, 1.82) is 0 Å². The second-order valence-electron chi connectivity index (χ2n) is 7.64. The molecular formula is C17H28N4O2. The number of nitrogens with zero attached hydrogens (tertiary/aromatic N) is 3. The van der Waals surface area contributed by atoms with E-state index in [4.69, 9.17) is 0 Å². The van der Waals surface area contributed by atoms with Crippen LogP contribution >= 0.6 is 0 Å². The zero-order chi connectivity index (χ0) is 16.4. The molecule has 2 fully saturated rings. The number of aromatic nitrogens is 2. The van der Waals surface area contributed by atoms with E-state index >= 15 is 0 Å². The molecule has 1 aromatic heterocycles. The number of rotatable bonds is 5. The summed E-state index contributed by atoms with van der Waals surface area (Å²) in [5.41, 5.74) is 1.30. The molecule has 3 heterocycles. The molecule has 128 valence electrons. The first-order valence-electron chi connectivity index (χ1n) is 8.66. The summed E-state index contributed by atoms with van der Waals surface area (Å²) < 4.78 is 2.16. The van der Waals surface area contributed by atoms with Crippen LogP contribution in [0.1, 0.15) is 38.8 Å². The van der Waals surface area contributed by atoms with Crippen molar-refractivity contribution < 1.29 is 9.90 Å². The summed E-state index contributed by atoms with van der Waals surface area (Å²) in [7, 11) is 0. The molecular weight excluding hydrogens is 292 g/mol. The molecule has 0 aliphatic carbocycles. The molecule has 6 heteroatoms. The molecule has 0 amide bonds. The Morgan fingerprint density at radius 2 is 2.22 bits per heavy atom. The van der Waals surface area contributed by atoms with Crippen molar-refractivity contribution in [2.45, 2.75) is 52.2 Å². The van der Waals surface area contributed by atoms with Crippen LogP contribution in [0.2, 0.25) is 0 Å². The lowest BCUT2D eigenvalue weighted by Crippen LogP contribution is -2.39. The molecule has 6 nitrogen and oxygen atoms in total. The first-order chi connectivity index (χ1) is 11.0. The Labute approximate surface area is 137 Å². The highest BCUT2D eigenvalue weighted by molar-refractivity contribution is 5.74. The molecule has 2 aliphatic rings. The maximum Gasteiger partial charge on any atom is 0.320 e. The fraction of sp³-hybridized carbons (Fsp3) is 0.765. The Hall–Kier alpha value is -1.40. The highest BCUT2D eigenvalue weighted by atomic mass is 16.4. The summed E-state index contributed by atoms with van der Waals surface area (Å²) in [4.78, 5) is 18.2. The standard InChI is InChI=1S/C17H28N4O2/c1-13(2)9-21-12-19-8-14(21)10-20-11-17(3-5-18-6-4-17)7-15(20)16(22)23/h8,12-13,15,18H,3-7,9-11H2,1-2H3,(H,22,23)/t15-/m0/s1. The van der Waals surface area contributed by atoms with Crippen LogP contribution in [0.25, 0.3) is 0 Å². The van der Waals surface area contributed by atoms with Crippen LogP contribution in [0.15, 0.2) is 12.5 Å². The van der Waals surface area contributed by atoms with Crippen LogP contribution in [0, 0.1) is 11.3 Å². The summed E-state index contributed by atoms with van der Waals surface area (Å²) in [5.74, 6) is -0.136. The highest BCUT2D eigenvalue weighted by Crippen LogP contribution is 2.42. The largest absolute Gasteiger partial charge is 0.480 e. The Balaban J connectivity index is 1.75. The number of carbonyl (C=O) groups is 1. The van der Waals surface area contributed by atoms with Crippen molar-refractivity contribution in [2.24, 2.45) is 11.3 Å². The van der Waals surface area contributed by atoms with E-state index in [9.17, 15) is 9.90 Å². The van der Waals surface area contributed by atoms with E-state index in [-0.39, 0.29) is 11.5 Å². The van der Waals surface area contributed by atoms with Crippen molar-refractivity contribution in [3.63, 3.8) is 0 Å². The predicted octanol–water partition coefficient (Wildman–Crippen LogP) is 1.57. The number of imidazole rings is 1. The number of hydrogen-bond acceptors (Lipinski definition) is 4. The van der Waals surface area contributed by atoms with Gasteiger partial charge in [-0.15, -0.1) is 0 Å². The summed E-state index contributed by atoms with van der Waals surface area (Å²) in [6.45, 7) is 8.87. The van der Waals surface area contributed by atoms with Gasteiger partial charge in [-0.05, 0) is 43.7 Å². The maximum atomic E-state index is 11.7. The van der Waals surface area contributed by atoms with Crippen molar-refractivity contribution in [3.05, 3.63) is 18.2 Å². The Morgan fingerprint density at radius 1 is 1.48 bits per heavy atom. The van der Waals surface area contributed by atoms with Crippen LogP contribution in [0.4, 0.5) is 0 Å². The molecule has 2 saturated heterocycles. The third-order valence-electron chi connectivity index (χ3n) is 5.28. The molecule has 0 bridgehead atoms. The molecule has 0 unspecified atom stereocenters. The van der Waals surface area contributed by atoms with E-state index < -0.39 is 5.97 Å². The van der Waals surface area contributed by atoms with Crippen LogP contribution in [-0.2, 0) is 17.9 Å². The molecule has 0 radical (unpaired) electrons. The van der Waals surface area contributed by atoms with Gasteiger partial charge in [0, 0.05) is 25.8 Å². The summed E-state index contributed by atoms with van der Waals surface area (Å²) in [6, 6.07) is -0.365. The second-order valence-corrected chi connectivity index (χ2v) is 7.64. The fourth-order valence-electron chi connectivity index (χ4n) is 4.12. The fourth-order valence-corrected chi connectivity index (χ4v) is 4.12. The van der Waals surface area contributed by atoms with Crippen molar-refractivity contribution in [2.75, 3.05) is 19.6 Å². The van der Waals surface area contributed by atoms with E-state index in [2.05, 4.69) is 33.6 Å². The van der Waals surface area contributed by atoms with Gasteiger partial charge in [-0.25, -0.2) is 4.98 Å². The molecule has 3 rings (SSSR count). The molecule has 2 aliphatic heterocycles. The Morgan fingerprint density at radius 3 is 2.87 bits per heavy atom. The zero-order valence-electron chi connectivity index (χ0n) is 14.2. The Kier molecular flexibility index (Phi) is 4.73. The van der Waals surface area contributed by atoms with Crippen LogP contribution in [-0.4, -0.2) is 51.2 Å². The van der Waals surface area contributed by atoms with Crippen molar-refractivity contribution in [1.82, 2.24) is 19.8 Å². The quantitative estimate of drug-likeness (QED) is 0.862. The second kappa shape index (κ2) is 6.61. The third kappa shape index (κ3) is 3.58. The normalized spacial score (nSPS) is 24.6. The van der Waals surface area contributed by atoms with E-state index in [0.717, 1.165) is 51.1 Å². The molecule has 2 N–H and O–H groups in total. The predicted molar refractivity (Wildman–Crippen MR) is 88.1 cm³/mol. The minimum absolute atomic E-state index is 0.178. The summed E-state index contributed by atoms with van der Waals surface area (Å²) >= 11 is 0. The van der Waals surface area contributed by atoms with Gasteiger partial charge in [0.15, 0.2) is 0 Å². The maximum absolute atomic E-state index is 11.7. The zero-order valence-corrected chi connectivity index (χ0v) is 14.2. The average Bonchev–Trinajstić information content (AvgIpc) is 3.05. The van der Waals surface area contributed by atoms with Crippen molar-refractivity contribution >= 4 is 5.97 Å². The van der Waals surface area contributed by atoms with E-state index in [1.165, 1.54) is 0 Å². The molecule has 1 atom stereocenters. The first-order valence-corrected chi connectivity index (χ1v) is 8.66. The van der Waals surface area contributed by atoms with Gasteiger partial charge >= 0.3 is 5.97 Å². The Bertz CT molecular complexity index is 549. The van der Waals surface area contributed by atoms with E-state index in [1.54, 1.807) is 0 Å². The lowest BCUT2D eigenvalue weighted by molar-refractivity contribution is -0.142.